The molecule has 1 N–H and O–H groups in total. The molecule has 2 aliphatic rings. The van der Waals surface area contributed by atoms with E-state index in [-0.39, 0.29) is 6.09 Å². The highest BCUT2D eigenvalue weighted by atomic mass is 16.6. The van der Waals surface area contributed by atoms with Crippen LogP contribution in [-0.2, 0) is 4.74 Å². The summed E-state index contributed by atoms with van der Waals surface area (Å²) in [5.41, 5.74) is 0.862. The van der Waals surface area contributed by atoms with Crippen LogP contribution in [0.15, 0.2) is 30.5 Å². The van der Waals surface area contributed by atoms with E-state index < -0.39 is 0 Å². The van der Waals surface area contributed by atoms with Crippen LogP contribution in [0.1, 0.15) is 6.92 Å². The van der Waals surface area contributed by atoms with E-state index in [4.69, 9.17) is 14.2 Å². The van der Waals surface area contributed by atoms with Crippen molar-refractivity contribution in [3.05, 3.63) is 30.5 Å². The van der Waals surface area contributed by atoms with Crippen molar-refractivity contribution in [2.45, 2.75) is 6.92 Å². The molecule has 4 rings (SSSR count). The lowest BCUT2D eigenvalue weighted by Crippen LogP contribution is -2.49. The van der Waals surface area contributed by atoms with Gasteiger partial charge in [-0.3, -0.25) is 0 Å². The third kappa shape index (κ3) is 4.03. The summed E-state index contributed by atoms with van der Waals surface area (Å²) >= 11 is 0. The molecule has 1 amide bonds. The molecule has 3 heterocycles. The minimum Gasteiger partial charge on any atom is -0.486 e. The predicted molar refractivity (Wildman–Crippen MR) is 104 cm³/mol. The monoisotopic (exact) mass is 385 g/mol. The number of nitrogens with one attached hydrogen (secondary N) is 1. The lowest BCUT2D eigenvalue weighted by Gasteiger charge is -2.34. The van der Waals surface area contributed by atoms with E-state index >= 15 is 0 Å². The van der Waals surface area contributed by atoms with Gasteiger partial charge in [0.2, 0.25) is 5.95 Å². The predicted octanol–water partition coefficient (Wildman–Crippen LogP) is 2.27. The summed E-state index contributed by atoms with van der Waals surface area (Å²) in [7, 11) is 0. The summed E-state index contributed by atoms with van der Waals surface area (Å²) in [6.45, 7) is 5.80. The van der Waals surface area contributed by atoms with Crippen molar-refractivity contribution in [2.75, 3.05) is 56.2 Å². The van der Waals surface area contributed by atoms with Crippen LogP contribution >= 0.6 is 0 Å². The number of carbonyl (C=O) groups excluding carboxylic acids is 1. The number of benzene rings is 1. The largest absolute Gasteiger partial charge is 0.486 e. The van der Waals surface area contributed by atoms with Gasteiger partial charge in [0, 0.05) is 44.1 Å². The van der Waals surface area contributed by atoms with Gasteiger partial charge < -0.3 is 29.3 Å². The molecule has 0 bridgehead atoms. The maximum atomic E-state index is 11.8. The summed E-state index contributed by atoms with van der Waals surface area (Å²) in [6, 6.07) is 7.52. The second-order valence-electron chi connectivity index (χ2n) is 6.40. The SMILES string of the molecule is CCOC(=O)N1CCN(c2nccc(Nc3ccc4c(c3)OCCO4)n2)CC1. The molecular formula is C19H23N5O4. The molecule has 9 nitrogen and oxygen atoms in total. The molecular weight excluding hydrogens is 362 g/mol. The van der Waals surface area contributed by atoms with Crippen LogP contribution in [0.25, 0.3) is 0 Å². The molecule has 1 fully saturated rings. The Morgan fingerprint density at radius 1 is 1.14 bits per heavy atom. The van der Waals surface area contributed by atoms with Crippen molar-refractivity contribution in [2.24, 2.45) is 0 Å². The Kier molecular flexibility index (Phi) is 5.31. The molecule has 0 aliphatic carbocycles. The number of fused-ring (bicyclic) bond motifs is 1. The minimum atomic E-state index is -0.267. The molecule has 2 aliphatic heterocycles. The van der Waals surface area contributed by atoms with Crippen LogP contribution in [-0.4, -0.2) is 67.0 Å². The maximum absolute atomic E-state index is 11.8. The Labute approximate surface area is 163 Å². The normalized spacial score (nSPS) is 15.9. The maximum Gasteiger partial charge on any atom is 0.409 e. The lowest BCUT2D eigenvalue weighted by molar-refractivity contribution is 0.105. The van der Waals surface area contributed by atoms with E-state index in [2.05, 4.69) is 20.2 Å². The highest BCUT2D eigenvalue weighted by Crippen LogP contribution is 2.33. The molecule has 2 aromatic rings. The Morgan fingerprint density at radius 2 is 1.93 bits per heavy atom. The second-order valence-corrected chi connectivity index (χ2v) is 6.40. The third-order valence-corrected chi connectivity index (χ3v) is 4.55. The molecule has 1 aromatic heterocycles. The number of hydrogen-bond donors (Lipinski definition) is 1. The van der Waals surface area contributed by atoms with E-state index in [1.54, 1.807) is 11.1 Å². The van der Waals surface area contributed by atoms with Gasteiger partial charge in [-0.05, 0) is 25.1 Å². The Morgan fingerprint density at radius 3 is 2.71 bits per heavy atom. The average Bonchev–Trinajstić information content (AvgIpc) is 2.74. The molecule has 0 spiro atoms. The van der Waals surface area contributed by atoms with Gasteiger partial charge in [0.1, 0.15) is 19.0 Å². The van der Waals surface area contributed by atoms with Crippen molar-refractivity contribution in [1.82, 2.24) is 14.9 Å². The number of nitrogens with zero attached hydrogens (tertiary/aromatic N) is 4. The molecule has 0 atom stereocenters. The highest BCUT2D eigenvalue weighted by molar-refractivity contribution is 5.68. The van der Waals surface area contributed by atoms with Gasteiger partial charge >= 0.3 is 6.09 Å². The summed E-state index contributed by atoms with van der Waals surface area (Å²) in [5, 5.41) is 3.28. The van der Waals surface area contributed by atoms with Crippen LogP contribution in [0.4, 0.5) is 22.2 Å². The lowest BCUT2D eigenvalue weighted by atomic mass is 10.2. The average molecular weight is 385 g/mol. The first-order chi connectivity index (χ1) is 13.7. The minimum absolute atomic E-state index is 0.267. The number of piperazine rings is 1. The van der Waals surface area contributed by atoms with Gasteiger partial charge in [-0.1, -0.05) is 0 Å². The van der Waals surface area contributed by atoms with Crippen molar-refractivity contribution >= 4 is 23.5 Å². The van der Waals surface area contributed by atoms with Crippen LogP contribution < -0.4 is 19.7 Å². The summed E-state index contributed by atoms with van der Waals surface area (Å²) in [5.74, 6) is 2.79. The second kappa shape index (κ2) is 8.20. The quantitative estimate of drug-likeness (QED) is 0.857. The Bertz CT molecular complexity index is 839. The van der Waals surface area contributed by atoms with Crippen molar-refractivity contribution < 1.29 is 19.0 Å². The number of rotatable bonds is 4. The fraction of sp³-hybridized carbons (Fsp3) is 0.421. The van der Waals surface area contributed by atoms with Gasteiger partial charge in [0.15, 0.2) is 11.5 Å². The molecule has 1 saturated heterocycles. The molecule has 0 saturated carbocycles. The van der Waals surface area contributed by atoms with E-state index in [1.165, 1.54) is 0 Å². The smallest absolute Gasteiger partial charge is 0.409 e. The Hall–Kier alpha value is -3.23. The molecule has 0 unspecified atom stereocenters. The zero-order valence-corrected chi connectivity index (χ0v) is 15.8. The fourth-order valence-corrected chi connectivity index (χ4v) is 3.14. The Balaban J connectivity index is 1.40. The summed E-state index contributed by atoms with van der Waals surface area (Å²) in [4.78, 5) is 24.6. The zero-order chi connectivity index (χ0) is 19.3. The zero-order valence-electron chi connectivity index (χ0n) is 15.8. The highest BCUT2D eigenvalue weighted by Gasteiger charge is 2.23. The topological polar surface area (TPSA) is 89.1 Å². The molecule has 0 radical (unpaired) electrons. The third-order valence-electron chi connectivity index (χ3n) is 4.55. The summed E-state index contributed by atoms with van der Waals surface area (Å²) in [6.07, 6.45) is 1.46. The number of hydrogen-bond acceptors (Lipinski definition) is 8. The van der Waals surface area contributed by atoms with Crippen LogP contribution in [0.2, 0.25) is 0 Å². The molecule has 148 valence electrons. The van der Waals surface area contributed by atoms with E-state index in [0.717, 1.165) is 17.2 Å². The van der Waals surface area contributed by atoms with Crippen LogP contribution in [0, 0.1) is 0 Å². The molecule has 28 heavy (non-hydrogen) atoms. The summed E-state index contributed by atoms with van der Waals surface area (Å²) < 4.78 is 16.2. The number of amides is 1. The molecule has 9 heteroatoms. The van der Waals surface area contributed by atoms with Crippen molar-refractivity contribution in [3.63, 3.8) is 0 Å². The first-order valence-corrected chi connectivity index (χ1v) is 9.39. The van der Waals surface area contributed by atoms with E-state index in [0.29, 0.717) is 57.8 Å². The first-order valence-electron chi connectivity index (χ1n) is 9.39. The van der Waals surface area contributed by atoms with Crippen molar-refractivity contribution in [3.8, 4) is 11.5 Å². The molecule has 1 aromatic carbocycles. The van der Waals surface area contributed by atoms with Crippen LogP contribution in [0.3, 0.4) is 0 Å². The fourth-order valence-electron chi connectivity index (χ4n) is 3.14. The van der Waals surface area contributed by atoms with E-state index in [9.17, 15) is 4.79 Å². The number of aromatic nitrogens is 2. The van der Waals surface area contributed by atoms with Gasteiger partial charge in [-0.2, -0.15) is 4.98 Å². The van der Waals surface area contributed by atoms with E-state index in [1.807, 2.05) is 31.2 Å². The van der Waals surface area contributed by atoms with Crippen LogP contribution in [0.5, 0.6) is 11.5 Å². The van der Waals surface area contributed by atoms with Gasteiger partial charge in [-0.25, -0.2) is 9.78 Å². The number of anilines is 3. The van der Waals surface area contributed by atoms with Gasteiger partial charge in [0.25, 0.3) is 0 Å². The van der Waals surface area contributed by atoms with Gasteiger partial charge in [0.05, 0.1) is 6.61 Å². The van der Waals surface area contributed by atoms with Crippen molar-refractivity contribution in [1.29, 1.82) is 0 Å². The van der Waals surface area contributed by atoms with Gasteiger partial charge in [-0.15, -0.1) is 0 Å². The first kappa shape index (κ1) is 18.1. The number of carbonyl (C=O) groups is 1. The number of ether oxygens (including phenoxy) is 3. The standard InChI is InChI=1S/C19H23N5O4/c1-2-26-19(25)24-9-7-23(8-10-24)18-20-6-5-17(22-18)21-14-3-4-15-16(13-14)28-12-11-27-15/h3-6,13H,2,7-12H2,1H3,(H,20,21,22).